The topological polar surface area (TPSA) is 59.0 Å². The standard InChI is InChI=1S/C17H24N4O2S/c1-5-22-16-10-14(6-7-15(16)23-9-8-21(3)4)11-18-20-17-19-13(2)12-24-17/h6-7,10-12H,5,8-9H2,1-4H3,(H,19,20). The summed E-state index contributed by atoms with van der Waals surface area (Å²) < 4.78 is 11.5. The highest BCUT2D eigenvalue weighted by Gasteiger charge is 2.06. The molecular formula is C17H24N4O2S. The van der Waals surface area contributed by atoms with Gasteiger partial charge in [0.2, 0.25) is 5.13 Å². The number of aromatic nitrogens is 1. The molecule has 6 nitrogen and oxygen atoms in total. The van der Waals surface area contributed by atoms with E-state index in [1.165, 1.54) is 11.3 Å². The van der Waals surface area contributed by atoms with E-state index in [9.17, 15) is 0 Å². The molecule has 1 aromatic carbocycles. The van der Waals surface area contributed by atoms with Gasteiger partial charge in [0, 0.05) is 11.9 Å². The van der Waals surface area contributed by atoms with Crippen molar-refractivity contribution in [1.29, 1.82) is 0 Å². The van der Waals surface area contributed by atoms with E-state index in [1.807, 2.05) is 51.5 Å². The lowest BCUT2D eigenvalue weighted by molar-refractivity contribution is 0.244. The maximum Gasteiger partial charge on any atom is 0.203 e. The Morgan fingerprint density at radius 3 is 2.79 bits per heavy atom. The molecule has 2 aromatic rings. The molecule has 0 unspecified atom stereocenters. The summed E-state index contributed by atoms with van der Waals surface area (Å²) in [6, 6.07) is 5.79. The fourth-order valence-corrected chi connectivity index (χ4v) is 2.54. The SMILES string of the molecule is CCOc1cc(C=NNc2nc(C)cs2)ccc1OCCN(C)C. The number of rotatable bonds is 9. The van der Waals surface area contributed by atoms with E-state index >= 15 is 0 Å². The number of hydrogen-bond donors (Lipinski definition) is 1. The molecule has 0 aliphatic rings. The number of nitrogens with zero attached hydrogens (tertiary/aromatic N) is 3. The monoisotopic (exact) mass is 348 g/mol. The predicted molar refractivity (Wildman–Crippen MR) is 99.7 cm³/mol. The number of aryl methyl sites for hydroxylation is 1. The number of ether oxygens (including phenoxy) is 2. The van der Waals surface area contributed by atoms with Crippen molar-refractivity contribution in [3.05, 3.63) is 34.8 Å². The average Bonchev–Trinajstić information content (AvgIpc) is 2.95. The van der Waals surface area contributed by atoms with Crippen LogP contribution in [0.15, 0.2) is 28.7 Å². The fourth-order valence-electron chi connectivity index (χ4n) is 1.90. The highest BCUT2D eigenvalue weighted by molar-refractivity contribution is 7.13. The highest BCUT2D eigenvalue weighted by atomic mass is 32.1. The molecule has 0 atom stereocenters. The van der Waals surface area contributed by atoms with Crippen LogP contribution in [0.4, 0.5) is 5.13 Å². The minimum atomic E-state index is 0.585. The van der Waals surface area contributed by atoms with Crippen LogP contribution in [0.2, 0.25) is 0 Å². The molecule has 7 heteroatoms. The minimum absolute atomic E-state index is 0.585. The van der Waals surface area contributed by atoms with Gasteiger partial charge in [0.1, 0.15) is 6.61 Å². The lowest BCUT2D eigenvalue weighted by atomic mass is 10.2. The number of thiazole rings is 1. The summed E-state index contributed by atoms with van der Waals surface area (Å²) in [6.45, 7) is 5.96. The second-order valence-corrected chi connectivity index (χ2v) is 6.31. The molecule has 0 saturated heterocycles. The number of benzene rings is 1. The lowest BCUT2D eigenvalue weighted by Crippen LogP contribution is -2.19. The van der Waals surface area contributed by atoms with Crippen LogP contribution in [0.25, 0.3) is 0 Å². The average molecular weight is 348 g/mol. The molecule has 1 heterocycles. The number of likely N-dealkylation sites (N-methyl/N-ethyl adjacent to an activating group) is 1. The van der Waals surface area contributed by atoms with E-state index in [0.29, 0.717) is 13.2 Å². The van der Waals surface area contributed by atoms with E-state index in [4.69, 9.17) is 9.47 Å². The maximum atomic E-state index is 5.80. The molecule has 0 aliphatic heterocycles. The van der Waals surface area contributed by atoms with Gasteiger partial charge < -0.3 is 14.4 Å². The molecule has 0 saturated carbocycles. The maximum absolute atomic E-state index is 5.80. The van der Waals surface area contributed by atoms with Gasteiger partial charge in [-0.1, -0.05) is 0 Å². The Morgan fingerprint density at radius 2 is 2.12 bits per heavy atom. The Hall–Kier alpha value is -2.12. The van der Waals surface area contributed by atoms with Crippen molar-refractivity contribution in [3.63, 3.8) is 0 Å². The van der Waals surface area contributed by atoms with Crippen LogP contribution in [0.5, 0.6) is 11.5 Å². The van der Waals surface area contributed by atoms with Crippen molar-refractivity contribution in [2.24, 2.45) is 5.10 Å². The first-order valence-electron chi connectivity index (χ1n) is 7.84. The van der Waals surface area contributed by atoms with Crippen LogP contribution in [0.1, 0.15) is 18.2 Å². The van der Waals surface area contributed by atoms with Gasteiger partial charge in [-0.25, -0.2) is 4.98 Å². The van der Waals surface area contributed by atoms with Crippen LogP contribution < -0.4 is 14.9 Å². The van der Waals surface area contributed by atoms with Crippen LogP contribution in [0, 0.1) is 6.92 Å². The third-order valence-electron chi connectivity index (χ3n) is 3.06. The molecule has 0 bridgehead atoms. The van der Waals surface area contributed by atoms with Gasteiger partial charge >= 0.3 is 0 Å². The quantitative estimate of drug-likeness (QED) is 0.557. The van der Waals surface area contributed by atoms with E-state index in [2.05, 4.69) is 20.4 Å². The smallest absolute Gasteiger partial charge is 0.203 e. The first kappa shape index (κ1) is 18.2. The summed E-state index contributed by atoms with van der Waals surface area (Å²) >= 11 is 1.53. The van der Waals surface area contributed by atoms with E-state index in [-0.39, 0.29) is 0 Å². The number of hydrogen-bond acceptors (Lipinski definition) is 7. The Morgan fingerprint density at radius 1 is 1.29 bits per heavy atom. The largest absolute Gasteiger partial charge is 0.490 e. The van der Waals surface area contributed by atoms with E-state index < -0.39 is 0 Å². The summed E-state index contributed by atoms with van der Waals surface area (Å²) in [5.74, 6) is 1.48. The zero-order valence-corrected chi connectivity index (χ0v) is 15.4. The first-order chi connectivity index (χ1) is 11.6. The van der Waals surface area contributed by atoms with Crippen LogP contribution in [0.3, 0.4) is 0 Å². The third-order valence-corrected chi connectivity index (χ3v) is 3.92. The Kier molecular flexibility index (Phi) is 7.02. The van der Waals surface area contributed by atoms with Crippen LogP contribution in [-0.4, -0.2) is 50.0 Å². The summed E-state index contributed by atoms with van der Waals surface area (Å²) in [4.78, 5) is 6.37. The zero-order chi connectivity index (χ0) is 17.4. The van der Waals surface area contributed by atoms with Gasteiger partial charge in [-0.05, 0) is 51.7 Å². The first-order valence-corrected chi connectivity index (χ1v) is 8.72. The molecule has 24 heavy (non-hydrogen) atoms. The Balaban J connectivity index is 2.01. The third kappa shape index (κ3) is 5.82. The summed E-state index contributed by atoms with van der Waals surface area (Å²) in [5, 5.41) is 6.96. The minimum Gasteiger partial charge on any atom is -0.490 e. The van der Waals surface area contributed by atoms with Crippen molar-refractivity contribution < 1.29 is 9.47 Å². The van der Waals surface area contributed by atoms with Gasteiger partial charge in [-0.3, -0.25) is 5.43 Å². The zero-order valence-electron chi connectivity index (χ0n) is 14.6. The second kappa shape index (κ2) is 9.24. The molecule has 0 radical (unpaired) electrons. The number of anilines is 1. The Bertz CT molecular complexity index is 670. The summed E-state index contributed by atoms with van der Waals surface area (Å²) in [7, 11) is 4.03. The van der Waals surface area contributed by atoms with Crippen molar-refractivity contribution in [2.45, 2.75) is 13.8 Å². The normalized spacial score (nSPS) is 11.2. The molecule has 0 aliphatic carbocycles. The fraction of sp³-hybridized carbons (Fsp3) is 0.412. The second-order valence-electron chi connectivity index (χ2n) is 5.45. The number of nitrogens with one attached hydrogen (secondary N) is 1. The van der Waals surface area contributed by atoms with Crippen molar-refractivity contribution in [3.8, 4) is 11.5 Å². The molecule has 0 fully saturated rings. The summed E-state index contributed by atoms with van der Waals surface area (Å²) in [5.41, 5.74) is 4.84. The van der Waals surface area contributed by atoms with Crippen molar-refractivity contribution in [2.75, 3.05) is 39.3 Å². The lowest BCUT2D eigenvalue weighted by Gasteiger charge is -2.14. The van der Waals surface area contributed by atoms with E-state index in [0.717, 1.165) is 34.4 Å². The van der Waals surface area contributed by atoms with Crippen LogP contribution >= 0.6 is 11.3 Å². The van der Waals surface area contributed by atoms with Gasteiger partial charge in [-0.2, -0.15) is 5.10 Å². The molecule has 1 aromatic heterocycles. The molecule has 0 amide bonds. The van der Waals surface area contributed by atoms with Gasteiger partial charge in [-0.15, -0.1) is 11.3 Å². The van der Waals surface area contributed by atoms with Gasteiger partial charge in [0.25, 0.3) is 0 Å². The molecule has 1 N–H and O–H groups in total. The predicted octanol–water partition coefficient (Wildman–Crippen LogP) is 3.24. The van der Waals surface area contributed by atoms with Gasteiger partial charge in [0.05, 0.1) is 18.5 Å². The molecule has 0 spiro atoms. The van der Waals surface area contributed by atoms with Crippen LogP contribution in [-0.2, 0) is 0 Å². The number of hydrazone groups is 1. The van der Waals surface area contributed by atoms with E-state index in [1.54, 1.807) is 6.21 Å². The molecule has 130 valence electrons. The van der Waals surface area contributed by atoms with Gasteiger partial charge in [0.15, 0.2) is 11.5 Å². The van der Waals surface area contributed by atoms with Crippen molar-refractivity contribution in [1.82, 2.24) is 9.88 Å². The molecular weight excluding hydrogens is 324 g/mol. The summed E-state index contributed by atoms with van der Waals surface area (Å²) in [6.07, 6.45) is 1.74. The molecule has 2 rings (SSSR count). The van der Waals surface area contributed by atoms with Crippen molar-refractivity contribution >= 4 is 22.7 Å². The Labute approximate surface area is 147 Å². The highest BCUT2D eigenvalue weighted by Crippen LogP contribution is 2.28.